The van der Waals surface area contributed by atoms with Crippen LogP contribution >= 0.6 is 11.3 Å². The van der Waals surface area contributed by atoms with Gasteiger partial charge in [-0.15, -0.1) is 11.3 Å². The van der Waals surface area contributed by atoms with Gasteiger partial charge < -0.3 is 9.32 Å². The normalized spacial score (nSPS) is 11.9. The van der Waals surface area contributed by atoms with Crippen LogP contribution in [0.1, 0.15) is 0 Å². The van der Waals surface area contributed by atoms with Crippen LogP contribution in [0.5, 0.6) is 0 Å². The Morgan fingerprint density at radius 1 is 0.561 bits per heavy atom. The molecule has 1 aliphatic carbocycles. The Morgan fingerprint density at radius 3 is 2.20 bits per heavy atom. The summed E-state index contributed by atoms with van der Waals surface area (Å²) in [5.74, 6) is 0. The molecule has 0 aliphatic heterocycles. The largest absolute Gasteiger partial charge is 0.456 e. The van der Waals surface area contributed by atoms with Crippen LogP contribution in [0, 0.1) is 0 Å². The van der Waals surface area contributed by atoms with E-state index in [1.807, 2.05) is 18.2 Å². The van der Waals surface area contributed by atoms with Gasteiger partial charge in [0.15, 0.2) is 0 Å². The molecule has 9 rings (SSSR count). The first-order valence-corrected chi connectivity index (χ1v) is 14.5. The summed E-state index contributed by atoms with van der Waals surface area (Å²) in [7, 11) is 0. The van der Waals surface area contributed by atoms with E-state index in [-0.39, 0.29) is 0 Å². The fraction of sp³-hybridized carbons (Fsp3) is 0. The molecule has 0 fully saturated rings. The minimum atomic E-state index is 0.896. The van der Waals surface area contributed by atoms with Crippen molar-refractivity contribution in [3.05, 3.63) is 133 Å². The lowest BCUT2D eigenvalue weighted by molar-refractivity contribution is 0.669. The Balaban J connectivity index is 1.26. The van der Waals surface area contributed by atoms with E-state index in [9.17, 15) is 0 Å². The summed E-state index contributed by atoms with van der Waals surface area (Å²) in [6.45, 7) is 0. The maximum atomic E-state index is 6.15. The number of rotatable bonds is 4. The number of furan rings is 1. The molecule has 0 amide bonds. The summed E-state index contributed by atoms with van der Waals surface area (Å²) in [6.07, 6.45) is 0. The zero-order valence-corrected chi connectivity index (χ0v) is 22.7. The molecule has 0 bridgehead atoms. The predicted octanol–water partition coefficient (Wildman–Crippen LogP) is 11.0. The summed E-state index contributed by atoms with van der Waals surface area (Å²) in [4.78, 5) is 8.75. The monoisotopic (exact) mass is 542 g/mol. The van der Waals surface area contributed by atoms with Crippen molar-refractivity contribution < 1.29 is 4.42 Å². The average Bonchev–Trinajstić information content (AvgIpc) is 3.72. The average molecular weight is 543 g/mol. The predicted molar refractivity (Wildman–Crippen MR) is 171 cm³/mol. The number of para-hydroxylation sites is 2. The second-order valence-corrected chi connectivity index (χ2v) is 11.4. The van der Waals surface area contributed by atoms with Crippen molar-refractivity contribution in [3.8, 4) is 32.3 Å². The SMILES string of the molecule is c1ccc(-c2nc3c(s2)-c2cccc4c(N(c5ccccc5)c5ccc6oc7ccccc7c6c5)ccc-3c24)cc1. The van der Waals surface area contributed by atoms with Gasteiger partial charge in [0.2, 0.25) is 0 Å². The maximum Gasteiger partial charge on any atom is 0.135 e. The summed E-state index contributed by atoms with van der Waals surface area (Å²) in [5.41, 5.74) is 9.86. The minimum absolute atomic E-state index is 0.896. The second kappa shape index (κ2) is 8.65. The molecule has 0 saturated heterocycles. The van der Waals surface area contributed by atoms with E-state index in [2.05, 4.69) is 120 Å². The van der Waals surface area contributed by atoms with Crippen LogP contribution < -0.4 is 4.90 Å². The van der Waals surface area contributed by atoms with Crippen LogP contribution in [0.2, 0.25) is 0 Å². The van der Waals surface area contributed by atoms with Crippen molar-refractivity contribution in [1.82, 2.24) is 4.98 Å². The van der Waals surface area contributed by atoms with Gasteiger partial charge in [0, 0.05) is 49.6 Å². The smallest absolute Gasteiger partial charge is 0.135 e. The lowest BCUT2D eigenvalue weighted by atomic mass is 10.0. The number of fused-ring (bicyclic) bond motifs is 6. The van der Waals surface area contributed by atoms with Gasteiger partial charge in [-0.1, -0.05) is 91.0 Å². The molecule has 1 aliphatic rings. The van der Waals surface area contributed by atoms with E-state index in [1.54, 1.807) is 11.3 Å². The number of nitrogens with zero attached hydrogens (tertiary/aromatic N) is 2. The molecule has 0 N–H and O–H groups in total. The highest BCUT2D eigenvalue weighted by molar-refractivity contribution is 7.19. The zero-order chi connectivity index (χ0) is 26.9. The molecule has 2 aromatic heterocycles. The van der Waals surface area contributed by atoms with Crippen LogP contribution in [0.25, 0.3) is 65.0 Å². The molecular formula is C37H22N2OS. The summed E-state index contributed by atoms with van der Waals surface area (Å²) in [6, 6.07) is 47.0. The number of anilines is 3. The van der Waals surface area contributed by atoms with E-state index < -0.39 is 0 Å². The number of thiazole rings is 1. The second-order valence-electron chi connectivity index (χ2n) is 10.4. The molecular weight excluding hydrogens is 520 g/mol. The van der Waals surface area contributed by atoms with Crippen LogP contribution in [0.4, 0.5) is 17.1 Å². The highest BCUT2D eigenvalue weighted by Crippen LogP contribution is 2.54. The molecule has 0 atom stereocenters. The fourth-order valence-electron chi connectivity index (χ4n) is 6.22. The fourth-order valence-corrected chi connectivity index (χ4v) is 7.34. The van der Waals surface area contributed by atoms with Gasteiger partial charge in [0.1, 0.15) is 16.2 Å². The molecule has 0 spiro atoms. The molecule has 4 heteroatoms. The zero-order valence-electron chi connectivity index (χ0n) is 21.9. The standard InChI is InChI=1S/C37H22N2OS/c1-3-10-23(11-4-1)37-38-35-28-19-20-31(27-15-9-16-29(34(27)28)36(35)41-37)39(24-12-5-2-6-13-24)25-18-21-33-30(22-25)26-14-7-8-17-32(26)40-33/h1-22H. The van der Waals surface area contributed by atoms with E-state index in [0.717, 1.165) is 55.3 Å². The highest BCUT2D eigenvalue weighted by Gasteiger charge is 2.28. The quantitative estimate of drug-likeness (QED) is 0.221. The third-order valence-electron chi connectivity index (χ3n) is 8.04. The molecule has 6 aromatic carbocycles. The number of hydrogen-bond donors (Lipinski definition) is 0. The van der Waals surface area contributed by atoms with Gasteiger partial charge in [-0.2, -0.15) is 0 Å². The van der Waals surface area contributed by atoms with Crippen molar-refractivity contribution in [2.75, 3.05) is 4.90 Å². The first kappa shape index (κ1) is 22.6. The summed E-state index contributed by atoms with van der Waals surface area (Å²) < 4.78 is 6.15. The Bertz CT molecular complexity index is 2240. The van der Waals surface area contributed by atoms with Crippen LogP contribution in [0.15, 0.2) is 138 Å². The van der Waals surface area contributed by atoms with Gasteiger partial charge >= 0.3 is 0 Å². The summed E-state index contributed by atoms with van der Waals surface area (Å²) in [5, 5.41) is 5.79. The van der Waals surface area contributed by atoms with E-state index >= 15 is 0 Å². The molecule has 192 valence electrons. The van der Waals surface area contributed by atoms with E-state index in [1.165, 1.54) is 26.8 Å². The van der Waals surface area contributed by atoms with E-state index in [0.29, 0.717) is 0 Å². The summed E-state index contributed by atoms with van der Waals surface area (Å²) >= 11 is 1.78. The van der Waals surface area contributed by atoms with Crippen molar-refractivity contribution in [1.29, 1.82) is 0 Å². The Morgan fingerprint density at radius 2 is 1.32 bits per heavy atom. The topological polar surface area (TPSA) is 29.3 Å². The molecule has 0 radical (unpaired) electrons. The Hall–Kier alpha value is -5.19. The molecule has 41 heavy (non-hydrogen) atoms. The number of hydrogen-bond acceptors (Lipinski definition) is 4. The Kier molecular flexibility index (Phi) is 4.77. The molecule has 3 nitrogen and oxygen atoms in total. The molecule has 0 unspecified atom stereocenters. The van der Waals surface area contributed by atoms with E-state index in [4.69, 9.17) is 9.40 Å². The van der Waals surface area contributed by atoms with Crippen molar-refractivity contribution in [3.63, 3.8) is 0 Å². The van der Waals surface area contributed by atoms with Gasteiger partial charge in [-0.25, -0.2) is 4.98 Å². The van der Waals surface area contributed by atoms with Crippen molar-refractivity contribution in [2.45, 2.75) is 0 Å². The maximum absolute atomic E-state index is 6.15. The van der Waals surface area contributed by atoms with Crippen LogP contribution in [-0.2, 0) is 0 Å². The molecule has 8 aromatic rings. The van der Waals surface area contributed by atoms with Crippen LogP contribution in [0.3, 0.4) is 0 Å². The highest BCUT2D eigenvalue weighted by atomic mass is 32.1. The molecule has 2 heterocycles. The third-order valence-corrected chi connectivity index (χ3v) is 9.18. The van der Waals surface area contributed by atoms with Crippen molar-refractivity contribution >= 4 is 61.1 Å². The first-order chi connectivity index (χ1) is 20.3. The minimum Gasteiger partial charge on any atom is -0.456 e. The van der Waals surface area contributed by atoms with Gasteiger partial charge in [-0.3, -0.25) is 0 Å². The number of aromatic nitrogens is 1. The number of benzene rings is 6. The lowest BCUT2D eigenvalue weighted by Gasteiger charge is -2.27. The van der Waals surface area contributed by atoms with Crippen molar-refractivity contribution in [2.24, 2.45) is 0 Å². The van der Waals surface area contributed by atoms with Gasteiger partial charge in [0.25, 0.3) is 0 Å². The van der Waals surface area contributed by atoms with Crippen LogP contribution in [-0.4, -0.2) is 4.98 Å². The third kappa shape index (κ3) is 3.35. The molecule has 0 saturated carbocycles. The van der Waals surface area contributed by atoms with Gasteiger partial charge in [-0.05, 0) is 42.5 Å². The lowest BCUT2D eigenvalue weighted by Crippen LogP contribution is -2.10. The first-order valence-electron chi connectivity index (χ1n) is 13.7. The Labute approximate surface area is 240 Å². The van der Waals surface area contributed by atoms with Gasteiger partial charge in [0.05, 0.1) is 16.3 Å².